The van der Waals surface area contributed by atoms with Crippen LogP contribution in [0.2, 0.25) is 0 Å². The molecule has 2 aromatic carbocycles. The van der Waals surface area contributed by atoms with Crippen LogP contribution < -0.4 is 0 Å². The Morgan fingerprint density at radius 1 is 0.962 bits per heavy atom. The predicted molar refractivity (Wildman–Crippen MR) is 95.3 cm³/mol. The first kappa shape index (κ1) is 17.6. The van der Waals surface area contributed by atoms with Crippen LogP contribution in [0.25, 0.3) is 0 Å². The fraction of sp³-hybridized carbons (Fsp3) is 0.429. The summed E-state index contributed by atoms with van der Waals surface area (Å²) in [5.74, 6) is 0. The van der Waals surface area contributed by atoms with Crippen LogP contribution in [-0.4, -0.2) is 38.3 Å². The van der Waals surface area contributed by atoms with E-state index in [1.807, 2.05) is 48.5 Å². The summed E-state index contributed by atoms with van der Waals surface area (Å²) in [6.45, 7) is 0.987. The quantitative estimate of drug-likeness (QED) is 0.821. The summed E-state index contributed by atoms with van der Waals surface area (Å²) < 4.78 is 29.7. The number of ether oxygens (including phenoxy) is 5. The van der Waals surface area contributed by atoms with E-state index in [1.165, 1.54) is 0 Å². The first-order chi connectivity index (χ1) is 12.8. The molecule has 2 heterocycles. The smallest absolute Gasteiger partial charge is 0.184 e. The van der Waals surface area contributed by atoms with Crippen molar-refractivity contribution in [1.82, 2.24) is 0 Å². The Bertz CT molecular complexity index is 677. The number of fused-ring (bicyclic) bond motifs is 1. The van der Waals surface area contributed by atoms with Crippen molar-refractivity contribution >= 4 is 0 Å². The first-order valence-electron chi connectivity index (χ1n) is 8.99. The number of rotatable bonds is 5. The predicted octanol–water partition coefficient (Wildman–Crippen LogP) is 3.45. The largest absolute Gasteiger partial charge is 0.371 e. The third-order valence-electron chi connectivity index (χ3n) is 4.82. The molecule has 0 aliphatic carbocycles. The Balaban J connectivity index is 1.47. The molecule has 2 fully saturated rings. The lowest BCUT2D eigenvalue weighted by Gasteiger charge is -2.45. The van der Waals surface area contributed by atoms with Crippen molar-refractivity contribution in [2.45, 2.75) is 43.9 Å². The van der Waals surface area contributed by atoms with Gasteiger partial charge in [-0.3, -0.25) is 0 Å². The van der Waals surface area contributed by atoms with Crippen LogP contribution in [0.15, 0.2) is 60.7 Å². The molecule has 0 saturated carbocycles. The summed E-state index contributed by atoms with van der Waals surface area (Å²) in [4.78, 5) is 0. The molecule has 5 heteroatoms. The van der Waals surface area contributed by atoms with Crippen molar-refractivity contribution < 1.29 is 23.7 Å². The van der Waals surface area contributed by atoms with Crippen LogP contribution in [-0.2, 0) is 30.3 Å². The van der Waals surface area contributed by atoms with E-state index in [1.54, 1.807) is 7.11 Å². The van der Waals surface area contributed by atoms with Crippen LogP contribution in [0.4, 0.5) is 0 Å². The second kappa shape index (κ2) is 8.29. The van der Waals surface area contributed by atoms with Crippen molar-refractivity contribution in [3.63, 3.8) is 0 Å². The topological polar surface area (TPSA) is 46.2 Å². The van der Waals surface area contributed by atoms with Gasteiger partial charge in [0, 0.05) is 19.1 Å². The SMILES string of the molecule is CO[C@@H]1C[C@H](OCc2ccccc2)[C@@H]2OC(c3ccccc3)OC[C@H]2O1. The normalized spacial score (nSPS) is 31.3. The molecule has 0 amide bonds. The molecule has 5 nitrogen and oxygen atoms in total. The van der Waals surface area contributed by atoms with Gasteiger partial charge in [-0.1, -0.05) is 60.7 Å². The summed E-state index contributed by atoms with van der Waals surface area (Å²) in [5.41, 5.74) is 2.14. The lowest BCUT2D eigenvalue weighted by Crippen LogP contribution is -2.55. The Morgan fingerprint density at radius 3 is 2.42 bits per heavy atom. The molecule has 5 atom stereocenters. The Kier molecular flexibility index (Phi) is 5.62. The summed E-state index contributed by atoms with van der Waals surface area (Å²) >= 11 is 0. The number of methoxy groups -OCH3 is 1. The average molecular weight is 356 g/mol. The van der Waals surface area contributed by atoms with E-state index in [0.717, 1.165) is 11.1 Å². The monoisotopic (exact) mass is 356 g/mol. The minimum atomic E-state index is -0.400. The lowest BCUT2D eigenvalue weighted by molar-refractivity contribution is -0.339. The van der Waals surface area contributed by atoms with Crippen molar-refractivity contribution in [1.29, 1.82) is 0 Å². The average Bonchev–Trinajstić information content (AvgIpc) is 2.72. The van der Waals surface area contributed by atoms with Gasteiger partial charge in [-0.25, -0.2) is 0 Å². The third-order valence-corrected chi connectivity index (χ3v) is 4.82. The Morgan fingerprint density at radius 2 is 1.69 bits per heavy atom. The van der Waals surface area contributed by atoms with Gasteiger partial charge in [-0.15, -0.1) is 0 Å². The van der Waals surface area contributed by atoms with Gasteiger partial charge in [0.2, 0.25) is 0 Å². The Hall–Kier alpha value is -1.76. The maximum absolute atomic E-state index is 6.24. The van der Waals surface area contributed by atoms with Gasteiger partial charge in [0.25, 0.3) is 0 Å². The minimum Gasteiger partial charge on any atom is -0.371 e. The summed E-state index contributed by atoms with van der Waals surface area (Å²) in [6, 6.07) is 20.1. The van der Waals surface area contributed by atoms with Gasteiger partial charge in [-0.05, 0) is 5.56 Å². The van der Waals surface area contributed by atoms with E-state index in [9.17, 15) is 0 Å². The molecule has 138 valence electrons. The zero-order valence-corrected chi connectivity index (χ0v) is 14.8. The van der Waals surface area contributed by atoms with E-state index < -0.39 is 6.29 Å². The number of benzene rings is 2. The second-order valence-corrected chi connectivity index (χ2v) is 6.59. The molecule has 0 spiro atoms. The molecule has 4 rings (SSSR count). The number of hydrogen-bond donors (Lipinski definition) is 0. The van der Waals surface area contributed by atoms with Crippen molar-refractivity contribution in [2.24, 2.45) is 0 Å². The molecule has 2 aromatic rings. The van der Waals surface area contributed by atoms with E-state index >= 15 is 0 Å². The molecule has 1 unspecified atom stereocenters. The van der Waals surface area contributed by atoms with E-state index in [-0.39, 0.29) is 24.6 Å². The fourth-order valence-corrected chi connectivity index (χ4v) is 3.44. The third kappa shape index (κ3) is 3.98. The molecule has 2 saturated heterocycles. The van der Waals surface area contributed by atoms with Crippen LogP contribution in [0.3, 0.4) is 0 Å². The Labute approximate surface area is 153 Å². The van der Waals surface area contributed by atoms with Gasteiger partial charge in [0.05, 0.1) is 19.3 Å². The molecular weight excluding hydrogens is 332 g/mol. The van der Waals surface area contributed by atoms with Crippen LogP contribution >= 0.6 is 0 Å². The zero-order chi connectivity index (χ0) is 17.8. The molecule has 0 radical (unpaired) electrons. The number of hydrogen-bond acceptors (Lipinski definition) is 5. The highest BCUT2D eigenvalue weighted by Gasteiger charge is 2.45. The van der Waals surface area contributed by atoms with Crippen LogP contribution in [0, 0.1) is 0 Å². The lowest BCUT2D eigenvalue weighted by atomic mass is 10.00. The molecule has 2 aliphatic heterocycles. The van der Waals surface area contributed by atoms with Crippen molar-refractivity contribution in [3.05, 3.63) is 71.8 Å². The standard InChI is InChI=1S/C21H24O5/c1-22-19-12-17(23-13-15-8-4-2-5-9-15)20-18(25-19)14-24-21(26-20)16-10-6-3-7-11-16/h2-11,17-21H,12-14H2,1H3/t17-,18+,19-,20-,21?/m0/s1. The zero-order valence-electron chi connectivity index (χ0n) is 14.8. The van der Waals surface area contributed by atoms with Gasteiger partial charge in [0.15, 0.2) is 12.6 Å². The molecule has 0 N–H and O–H groups in total. The van der Waals surface area contributed by atoms with Gasteiger partial charge >= 0.3 is 0 Å². The minimum absolute atomic E-state index is 0.117. The van der Waals surface area contributed by atoms with Gasteiger partial charge in [-0.2, -0.15) is 0 Å². The summed E-state index contributed by atoms with van der Waals surface area (Å²) in [5, 5.41) is 0. The highest BCUT2D eigenvalue weighted by Crippen LogP contribution is 2.35. The molecule has 2 aliphatic rings. The van der Waals surface area contributed by atoms with E-state index in [2.05, 4.69) is 12.1 Å². The first-order valence-corrected chi connectivity index (χ1v) is 8.99. The van der Waals surface area contributed by atoms with Crippen LogP contribution in [0.1, 0.15) is 23.8 Å². The summed E-state index contributed by atoms with van der Waals surface area (Å²) in [6.07, 6.45) is -0.584. The van der Waals surface area contributed by atoms with Crippen molar-refractivity contribution in [2.75, 3.05) is 13.7 Å². The van der Waals surface area contributed by atoms with Gasteiger partial charge < -0.3 is 23.7 Å². The van der Waals surface area contributed by atoms with Crippen LogP contribution in [0.5, 0.6) is 0 Å². The maximum Gasteiger partial charge on any atom is 0.184 e. The molecular formula is C21H24O5. The molecule has 0 bridgehead atoms. The van der Waals surface area contributed by atoms with E-state index in [4.69, 9.17) is 23.7 Å². The highest BCUT2D eigenvalue weighted by atomic mass is 16.7. The maximum atomic E-state index is 6.24. The molecule has 0 aromatic heterocycles. The highest BCUT2D eigenvalue weighted by molar-refractivity contribution is 5.17. The van der Waals surface area contributed by atoms with Gasteiger partial charge in [0.1, 0.15) is 12.2 Å². The molecule has 26 heavy (non-hydrogen) atoms. The summed E-state index contributed by atoms with van der Waals surface area (Å²) in [7, 11) is 1.65. The fourth-order valence-electron chi connectivity index (χ4n) is 3.44. The second-order valence-electron chi connectivity index (χ2n) is 6.59. The van der Waals surface area contributed by atoms with Crippen molar-refractivity contribution in [3.8, 4) is 0 Å². The van der Waals surface area contributed by atoms with E-state index in [0.29, 0.717) is 19.6 Å².